The Hall–Kier alpha value is -4.60. The van der Waals surface area contributed by atoms with E-state index < -0.39 is 11.9 Å². The van der Waals surface area contributed by atoms with Gasteiger partial charge in [-0.3, -0.25) is 9.59 Å². The third-order valence-corrected chi connectivity index (χ3v) is 5.18. The Labute approximate surface area is 205 Å². The van der Waals surface area contributed by atoms with Crippen molar-refractivity contribution in [3.63, 3.8) is 0 Å². The molecule has 10 heteroatoms. The number of rotatable bonds is 6. The molecule has 0 saturated heterocycles. The van der Waals surface area contributed by atoms with Gasteiger partial charge in [0.1, 0.15) is 22.6 Å². The molecular weight excluding hydrogens is 468 g/mol. The lowest BCUT2D eigenvalue weighted by Crippen LogP contribution is -2.18. The number of hydrogen-bond acceptors (Lipinski definition) is 8. The zero-order chi connectivity index (χ0) is 26.2. The smallest absolute Gasteiger partial charge is 0.343 e. The molecule has 0 aliphatic carbocycles. The average Bonchev–Trinajstić information content (AvgIpc) is 2.89. The minimum absolute atomic E-state index is 0.00222. The molecule has 2 N–H and O–H groups in total. The van der Waals surface area contributed by atoms with Crippen LogP contribution in [0.4, 0.5) is 0 Å². The highest BCUT2D eigenvalue weighted by atomic mass is 16.5. The van der Waals surface area contributed by atoms with Crippen molar-refractivity contribution in [3.8, 4) is 11.5 Å². The summed E-state index contributed by atoms with van der Waals surface area (Å²) in [5.41, 5.74) is 0.411. The molecule has 2 aromatic heterocycles. The van der Waals surface area contributed by atoms with Crippen LogP contribution in [0.15, 0.2) is 58.4 Å². The Bertz CT molecular complexity index is 1410. The third-order valence-electron chi connectivity index (χ3n) is 5.18. The number of H-pyrrole nitrogens is 2. The quantitative estimate of drug-likeness (QED) is 0.389. The fourth-order valence-electron chi connectivity index (χ4n) is 3.51. The SMILES string of the molecule is CCOC(=O)c1c[nH]c2c(OC)cccc2c1=O.CCOC(=O)c1c[nH]c2c(OC)cccc2c1=O. The van der Waals surface area contributed by atoms with Crippen LogP contribution in [0.2, 0.25) is 0 Å². The number of benzene rings is 2. The Balaban J connectivity index is 0.000000201. The van der Waals surface area contributed by atoms with Gasteiger partial charge >= 0.3 is 11.9 Å². The summed E-state index contributed by atoms with van der Waals surface area (Å²) in [6.07, 6.45) is 2.70. The van der Waals surface area contributed by atoms with E-state index in [1.54, 1.807) is 50.2 Å². The fourth-order valence-corrected chi connectivity index (χ4v) is 3.51. The maximum Gasteiger partial charge on any atom is 0.343 e. The second-order valence-electron chi connectivity index (χ2n) is 7.27. The van der Waals surface area contributed by atoms with E-state index in [2.05, 4.69) is 9.97 Å². The first-order chi connectivity index (χ1) is 17.4. The molecule has 0 fully saturated rings. The van der Waals surface area contributed by atoms with E-state index >= 15 is 0 Å². The molecule has 0 amide bonds. The van der Waals surface area contributed by atoms with Gasteiger partial charge in [-0.1, -0.05) is 12.1 Å². The lowest BCUT2D eigenvalue weighted by Gasteiger charge is -2.06. The molecule has 0 bridgehead atoms. The molecule has 4 aromatic rings. The minimum Gasteiger partial charge on any atom is -0.495 e. The number of pyridine rings is 2. The van der Waals surface area contributed by atoms with Crippen molar-refractivity contribution in [3.05, 3.63) is 80.4 Å². The fraction of sp³-hybridized carbons (Fsp3) is 0.231. The van der Waals surface area contributed by atoms with Crippen LogP contribution < -0.4 is 20.3 Å². The van der Waals surface area contributed by atoms with Crippen LogP contribution in [0.1, 0.15) is 34.6 Å². The highest BCUT2D eigenvalue weighted by molar-refractivity contribution is 5.95. The molecule has 0 unspecified atom stereocenters. The number of carbonyl (C=O) groups excluding carboxylic acids is 2. The second kappa shape index (κ2) is 11.7. The second-order valence-corrected chi connectivity index (χ2v) is 7.27. The highest BCUT2D eigenvalue weighted by Crippen LogP contribution is 2.22. The first kappa shape index (κ1) is 26.0. The summed E-state index contributed by atoms with van der Waals surface area (Å²) in [5.74, 6) is -0.132. The van der Waals surface area contributed by atoms with E-state index in [4.69, 9.17) is 18.9 Å². The molecule has 0 aliphatic rings. The Morgan fingerprint density at radius 3 is 1.42 bits per heavy atom. The normalized spacial score (nSPS) is 10.3. The summed E-state index contributed by atoms with van der Waals surface area (Å²) in [7, 11) is 3.04. The van der Waals surface area contributed by atoms with Crippen LogP contribution in [0.5, 0.6) is 11.5 Å². The molecule has 10 nitrogen and oxygen atoms in total. The third kappa shape index (κ3) is 5.22. The summed E-state index contributed by atoms with van der Waals surface area (Å²) in [4.78, 5) is 53.2. The molecule has 0 saturated carbocycles. The van der Waals surface area contributed by atoms with Gasteiger partial charge in [-0.25, -0.2) is 9.59 Å². The van der Waals surface area contributed by atoms with Crippen molar-refractivity contribution in [2.75, 3.05) is 27.4 Å². The summed E-state index contributed by atoms with van der Waals surface area (Å²) < 4.78 is 19.9. The summed E-state index contributed by atoms with van der Waals surface area (Å²) in [5, 5.41) is 0.805. The number of aromatic amines is 2. The topological polar surface area (TPSA) is 137 Å². The Kier molecular flexibility index (Phi) is 8.45. The summed E-state index contributed by atoms with van der Waals surface area (Å²) in [6.45, 7) is 3.84. The molecule has 4 rings (SSSR count). The Morgan fingerprint density at radius 1 is 0.694 bits per heavy atom. The Morgan fingerprint density at radius 2 is 1.08 bits per heavy atom. The first-order valence-corrected chi connectivity index (χ1v) is 11.1. The van der Waals surface area contributed by atoms with E-state index in [1.807, 2.05) is 0 Å². The van der Waals surface area contributed by atoms with E-state index in [1.165, 1.54) is 26.6 Å². The number of fused-ring (bicyclic) bond motifs is 2. The van der Waals surface area contributed by atoms with Crippen LogP contribution >= 0.6 is 0 Å². The molecule has 0 aliphatic heterocycles. The van der Waals surface area contributed by atoms with Crippen LogP contribution in [0, 0.1) is 0 Å². The van der Waals surface area contributed by atoms with Gasteiger partial charge in [-0.2, -0.15) is 0 Å². The number of hydrogen-bond donors (Lipinski definition) is 2. The van der Waals surface area contributed by atoms with Gasteiger partial charge in [0.25, 0.3) is 0 Å². The monoisotopic (exact) mass is 494 g/mol. The van der Waals surface area contributed by atoms with Gasteiger partial charge in [-0.15, -0.1) is 0 Å². The number of carbonyl (C=O) groups is 2. The molecule has 2 aromatic carbocycles. The molecular formula is C26H26N2O8. The van der Waals surface area contributed by atoms with Gasteiger partial charge in [-0.05, 0) is 38.1 Å². The summed E-state index contributed by atoms with van der Waals surface area (Å²) >= 11 is 0. The number of nitrogens with one attached hydrogen (secondary N) is 2. The van der Waals surface area contributed by atoms with E-state index in [0.29, 0.717) is 33.3 Å². The number of ether oxygens (including phenoxy) is 4. The predicted molar refractivity (Wildman–Crippen MR) is 134 cm³/mol. The van der Waals surface area contributed by atoms with Crippen molar-refractivity contribution in [1.29, 1.82) is 0 Å². The molecule has 0 atom stereocenters. The zero-order valence-corrected chi connectivity index (χ0v) is 20.3. The van der Waals surface area contributed by atoms with Gasteiger partial charge in [0, 0.05) is 12.4 Å². The van der Waals surface area contributed by atoms with E-state index in [9.17, 15) is 19.2 Å². The molecule has 2 heterocycles. The van der Waals surface area contributed by atoms with Crippen molar-refractivity contribution < 1.29 is 28.5 Å². The summed E-state index contributed by atoms with van der Waals surface area (Å²) in [6, 6.07) is 10.2. The van der Waals surface area contributed by atoms with Gasteiger partial charge in [0.2, 0.25) is 10.9 Å². The van der Waals surface area contributed by atoms with Gasteiger partial charge < -0.3 is 28.9 Å². The first-order valence-electron chi connectivity index (χ1n) is 11.1. The number of methoxy groups -OCH3 is 2. The maximum atomic E-state index is 12.1. The highest BCUT2D eigenvalue weighted by Gasteiger charge is 2.16. The van der Waals surface area contributed by atoms with Crippen molar-refractivity contribution in [2.45, 2.75) is 13.8 Å². The zero-order valence-electron chi connectivity index (χ0n) is 20.3. The molecule has 188 valence electrons. The van der Waals surface area contributed by atoms with E-state index in [-0.39, 0.29) is 35.2 Å². The number of esters is 2. The average molecular weight is 495 g/mol. The van der Waals surface area contributed by atoms with Crippen molar-refractivity contribution >= 4 is 33.7 Å². The lowest BCUT2D eigenvalue weighted by atomic mass is 10.1. The van der Waals surface area contributed by atoms with Crippen molar-refractivity contribution in [1.82, 2.24) is 9.97 Å². The molecule has 0 spiro atoms. The number of para-hydroxylation sites is 2. The standard InChI is InChI=1S/2C13H13NO4/c2*1-3-18-13(16)9-7-14-11-8(12(9)15)5-4-6-10(11)17-2/h2*4-7H,3H2,1-2H3,(H,14,15). The van der Waals surface area contributed by atoms with Crippen LogP contribution in [0.3, 0.4) is 0 Å². The van der Waals surface area contributed by atoms with Gasteiger partial charge in [0.05, 0.1) is 49.2 Å². The van der Waals surface area contributed by atoms with Crippen LogP contribution in [0.25, 0.3) is 21.8 Å². The number of aromatic nitrogens is 2. The van der Waals surface area contributed by atoms with Crippen molar-refractivity contribution in [2.24, 2.45) is 0 Å². The maximum absolute atomic E-state index is 12.1. The molecule has 0 radical (unpaired) electrons. The molecule has 36 heavy (non-hydrogen) atoms. The van der Waals surface area contributed by atoms with Crippen LogP contribution in [-0.2, 0) is 9.47 Å². The largest absolute Gasteiger partial charge is 0.495 e. The predicted octanol–water partition coefficient (Wildman–Crippen LogP) is 3.43. The lowest BCUT2D eigenvalue weighted by molar-refractivity contribution is 0.0515. The van der Waals surface area contributed by atoms with E-state index in [0.717, 1.165) is 0 Å². The van der Waals surface area contributed by atoms with Crippen LogP contribution in [-0.4, -0.2) is 49.3 Å². The minimum atomic E-state index is -0.622. The van der Waals surface area contributed by atoms with Gasteiger partial charge in [0.15, 0.2) is 0 Å².